The van der Waals surface area contributed by atoms with E-state index in [2.05, 4.69) is 26.2 Å². The highest BCUT2D eigenvalue weighted by Crippen LogP contribution is 2.27. The summed E-state index contributed by atoms with van der Waals surface area (Å²) in [6.45, 7) is 0. The van der Waals surface area contributed by atoms with Gasteiger partial charge in [-0.15, -0.1) is 0 Å². The predicted molar refractivity (Wildman–Crippen MR) is 69.2 cm³/mol. The molecule has 1 aromatic carbocycles. The third kappa shape index (κ3) is 2.57. The predicted octanol–water partition coefficient (Wildman–Crippen LogP) is 3.43. The second kappa shape index (κ2) is 5.54. The standard InChI is InChI=1S/C13H11BrF2N2/c1-17-12(13-11(16)3-2-6-18-13)9-7-8(14)4-5-10(9)15/h2-7,12,17H,1H3. The number of benzene rings is 1. The summed E-state index contributed by atoms with van der Waals surface area (Å²) in [5.41, 5.74) is 0.529. The van der Waals surface area contributed by atoms with Crippen LogP contribution in [0.25, 0.3) is 0 Å². The van der Waals surface area contributed by atoms with E-state index in [1.165, 1.54) is 24.4 Å². The molecule has 2 rings (SSSR count). The number of nitrogens with zero attached hydrogens (tertiary/aromatic N) is 1. The van der Waals surface area contributed by atoms with Crippen molar-refractivity contribution in [1.82, 2.24) is 10.3 Å². The lowest BCUT2D eigenvalue weighted by Gasteiger charge is -2.17. The molecule has 0 saturated carbocycles. The highest BCUT2D eigenvalue weighted by Gasteiger charge is 2.20. The second-order valence-electron chi connectivity index (χ2n) is 3.76. The number of halogens is 3. The minimum Gasteiger partial charge on any atom is -0.308 e. The van der Waals surface area contributed by atoms with Crippen molar-refractivity contribution < 1.29 is 8.78 Å². The fourth-order valence-corrected chi connectivity index (χ4v) is 2.16. The van der Waals surface area contributed by atoms with Crippen molar-refractivity contribution in [2.45, 2.75) is 6.04 Å². The van der Waals surface area contributed by atoms with Gasteiger partial charge in [-0.3, -0.25) is 4.98 Å². The van der Waals surface area contributed by atoms with Gasteiger partial charge in [-0.1, -0.05) is 15.9 Å². The van der Waals surface area contributed by atoms with Crippen molar-refractivity contribution in [2.75, 3.05) is 7.05 Å². The summed E-state index contributed by atoms with van der Waals surface area (Å²) in [4.78, 5) is 3.98. The molecule has 1 aromatic heterocycles. The van der Waals surface area contributed by atoms with E-state index in [4.69, 9.17) is 0 Å². The maximum Gasteiger partial charge on any atom is 0.146 e. The van der Waals surface area contributed by atoms with Crippen molar-refractivity contribution in [2.24, 2.45) is 0 Å². The lowest BCUT2D eigenvalue weighted by molar-refractivity contribution is 0.534. The van der Waals surface area contributed by atoms with Crippen LogP contribution in [0.5, 0.6) is 0 Å². The number of pyridine rings is 1. The molecule has 1 heterocycles. The number of rotatable bonds is 3. The van der Waals surface area contributed by atoms with E-state index in [0.29, 0.717) is 5.56 Å². The van der Waals surface area contributed by atoms with Gasteiger partial charge in [0, 0.05) is 16.2 Å². The molecule has 0 bridgehead atoms. The molecule has 0 spiro atoms. The number of hydrogen-bond donors (Lipinski definition) is 1. The molecule has 2 nitrogen and oxygen atoms in total. The lowest BCUT2D eigenvalue weighted by atomic mass is 10.0. The molecule has 1 unspecified atom stereocenters. The average molecular weight is 313 g/mol. The first-order chi connectivity index (χ1) is 8.63. The molecule has 0 aliphatic rings. The summed E-state index contributed by atoms with van der Waals surface area (Å²) in [5, 5.41) is 2.88. The van der Waals surface area contributed by atoms with Crippen LogP contribution in [0.3, 0.4) is 0 Å². The zero-order chi connectivity index (χ0) is 13.1. The Bertz CT molecular complexity index is 560. The smallest absolute Gasteiger partial charge is 0.146 e. The van der Waals surface area contributed by atoms with Gasteiger partial charge in [-0.25, -0.2) is 8.78 Å². The quantitative estimate of drug-likeness (QED) is 0.939. The summed E-state index contributed by atoms with van der Waals surface area (Å²) in [6.07, 6.45) is 1.48. The van der Waals surface area contributed by atoms with Crippen LogP contribution in [0, 0.1) is 11.6 Å². The Morgan fingerprint density at radius 1 is 1.22 bits per heavy atom. The molecular weight excluding hydrogens is 302 g/mol. The maximum atomic E-state index is 13.8. The third-order valence-electron chi connectivity index (χ3n) is 2.62. The molecule has 2 aromatic rings. The first-order valence-corrected chi connectivity index (χ1v) is 6.15. The Morgan fingerprint density at radius 3 is 2.67 bits per heavy atom. The van der Waals surface area contributed by atoms with Crippen LogP contribution in [0.4, 0.5) is 8.78 Å². The largest absolute Gasteiger partial charge is 0.308 e. The summed E-state index contributed by atoms with van der Waals surface area (Å²) in [7, 11) is 1.64. The van der Waals surface area contributed by atoms with Crippen molar-refractivity contribution in [1.29, 1.82) is 0 Å². The van der Waals surface area contributed by atoms with Crippen LogP contribution in [0.15, 0.2) is 41.0 Å². The van der Waals surface area contributed by atoms with Crippen LogP contribution < -0.4 is 5.32 Å². The summed E-state index contributed by atoms with van der Waals surface area (Å²) < 4.78 is 28.3. The third-order valence-corrected chi connectivity index (χ3v) is 3.11. The second-order valence-corrected chi connectivity index (χ2v) is 4.67. The van der Waals surface area contributed by atoms with Gasteiger partial charge in [0.2, 0.25) is 0 Å². The molecule has 0 radical (unpaired) electrons. The summed E-state index contributed by atoms with van der Waals surface area (Å²) >= 11 is 3.28. The van der Waals surface area contributed by atoms with Crippen molar-refractivity contribution >= 4 is 15.9 Å². The summed E-state index contributed by atoms with van der Waals surface area (Å²) in [5.74, 6) is -0.862. The van der Waals surface area contributed by atoms with Crippen molar-refractivity contribution in [3.63, 3.8) is 0 Å². The van der Waals surface area contributed by atoms with E-state index in [1.807, 2.05) is 0 Å². The van der Waals surface area contributed by atoms with E-state index in [1.54, 1.807) is 19.2 Å². The van der Waals surface area contributed by atoms with Crippen LogP contribution in [-0.2, 0) is 0 Å². The molecule has 0 aliphatic carbocycles. The Balaban J connectivity index is 2.52. The Kier molecular flexibility index (Phi) is 4.04. The zero-order valence-corrected chi connectivity index (χ0v) is 11.2. The van der Waals surface area contributed by atoms with E-state index in [-0.39, 0.29) is 5.69 Å². The van der Waals surface area contributed by atoms with Crippen LogP contribution in [0.1, 0.15) is 17.3 Å². The van der Waals surface area contributed by atoms with Gasteiger partial charge >= 0.3 is 0 Å². The minimum absolute atomic E-state index is 0.178. The molecule has 5 heteroatoms. The van der Waals surface area contributed by atoms with E-state index < -0.39 is 17.7 Å². The topological polar surface area (TPSA) is 24.9 Å². The highest BCUT2D eigenvalue weighted by atomic mass is 79.9. The van der Waals surface area contributed by atoms with Gasteiger partial charge in [0.05, 0.1) is 11.7 Å². The van der Waals surface area contributed by atoms with Crippen LogP contribution >= 0.6 is 15.9 Å². The molecule has 0 saturated heterocycles. The molecular formula is C13H11BrF2N2. The van der Waals surface area contributed by atoms with Gasteiger partial charge in [-0.2, -0.15) is 0 Å². The average Bonchev–Trinajstić information content (AvgIpc) is 2.36. The molecule has 1 N–H and O–H groups in total. The van der Waals surface area contributed by atoms with Crippen LogP contribution in [0.2, 0.25) is 0 Å². The number of aromatic nitrogens is 1. The van der Waals surface area contributed by atoms with E-state index in [0.717, 1.165) is 4.47 Å². The maximum absolute atomic E-state index is 13.8. The summed E-state index contributed by atoms with van der Waals surface area (Å²) in [6, 6.07) is 6.74. The molecule has 94 valence electrons. The van der Waals surface area contributed by atoms with Crippen LogP contribution in [-0.4, -0.2) is 12.0 Å². The lowest BCUT2D eigenvalue weighted by Crippen LogP contribution is -2.21. The molecule has 0 fully saturated rings. The first kappa shape index (κ1) is 13.1. The van der Waals surface area contributed by atoms with Crippen molar-refractivity contribution in [3.05, 3.63) is 63.9 Å². The fourth-order valence-electron chi connectivity index (χ4n) is 1.79. The zero-order valence-electron chi connectivity index (χ0n) is 9.62. The monoisotopic (exact) mass is 312 g/mol. The number of hydrogen-bond acceptors (Lipinski definition) is 2. The normalized spacial score (nSPS) is 12.4. The SMILES string of the molecule is CNC(c1cc(Br)ccc1F)c1ncccc1F. The van der Waals surface area contributed by atoms with E-state index in [9.17, 15) is 8.78 Å². The molecule has 0 aliphatic heterocycles. The van der Waals surface area contributed by atoms with E-state index >= 15 is 0 Å². The Hall–Kier alpha value is -1.33. The van der Waals surface area contributed by atoms with Gasteiger partial charge in [0.15, 0.2) is 0 Å². The molecule has 1 atom stereocenters. The van der Waals surface area contributed by atoms with Gasteiger partial charge in [0.1, 0.15) is 11.6 Å². The highest BCUT2D eigenvalue weighted by molar-refractivity contribution is 9.10. The molecule has 18 heavy (non-hydrogen) atoms. The first-order valence-electron chi connectivity index (χ1n) is 5.36. The van der Waals surface area contributed by atoms with Gasteiger partial charge in [-0.05, 0) is 37.4 Å². The van der Waals surface area contributed by atoms with Crippen molar-refractivity contribution in [3.8, 4) is 0 Å². The minimum atomic E-state index is -0.622. The Morgan fingerprint density at radius 2 is 2.00 bits per heavy atom. The molecule has 0 amide bonds. The van der Waals surface area contributed by atoms with Gasteiger partial charge < -0.3 is 5.32 Å². The fraction of sp³-hybridized carbons (Fsp3) is 0.154. The Labute approximate surface area is 112 Å². The van der Waals surface area contributed by atoms with Gasteiger partial charge in [0.25, 0.3) is 0 Å². The number of nitrogens with one attached hydrogen (secondary N) is 1.